The van der Waals surface area contributed by atoms with E-state index in [0.717, 1.165) is 28.7 Å². The molecule has 0 saturated heterocycles. The van der Waals surface area contributed by atoms with Crippen molar-refractivity contribution in [2.24, 2.45) is 0 Å². The van der Waals surface area contributed by atoms with E-state index < -0.39 is 4.92 Å². The molecule has 0 saturated carbocycles. The van der Waals surface area contributed by atoms with Crippen molar-refractivity contribution in [1.82, 2.24) is 10.3 Å². The van der Waals surface area contributed by atoms with Crippen LogP contribution >= 0.6 is 15.9 Å². The van der Waals surface area contributed by atoms with E-state index in [2.05, 4.69) is 26.2 Å². The maximum absolute atomic E-state index is 10.6. The zero-order chi connectivity index (χ0) is 14.4. The topological polar surface area (TPSA) is 68.1 Å². The zero-order valence-electron chi connectivity index (χ0n) is 10.8. The number of nitro benzene ring substituents is 1. The second-order valence-corrected chi connectivity index (χ2v) is 5.14. The van der Waals surface area contributed by atoms with Gasteiger partial charge in [0.15, 0.2) is 0 Å². The van der Waals surface area contributed by atoms with Gasteiger partial charge in [-0.05, 0) is 23.8 Å². The third kappa shape index (κ3) is 4.11. The first-order chi connectivity index (χ1) is 9.66. The molecule has 104 valence electrons. The fourth-order valence-corrected chi connectivity index (χ4v) is 2.29. The van der Waals surface area contributed by atoms with Crippen molar-refractivity contribution in [3.63, 3.8) is 0 Å². The maximum atomic E-state index is 10.6. The second kappa shape index (κ2) is 7.12. The molecule has 20 heavy (non-hydrogen) atoms. The van der Waals surface area contributed by atoms with Gasteiger partial charge >= 0.3 is 0 Å². The van der Waals surface area contributed by atoms with Crippen LogP contribution in [0.15, 0.2) is 47.1 Å². The molecule has 1 aromatic carbocycles. The van der Waals surface area contributed by atoms with Gasteiger partial charge in [0.05, 0.1) is 4.92 Å². The van der Waals surface area contributed by atoms with Gasteiger partial charge in [-0.3, -0.25) is 15.1 Å². The van der Waals surface area contributed by atoms with Crippen molar-refractivity contribution in [1.29, 1.82) is 0 Å². The lowest BCUT2D eigenvalue weighted by Crippen LogP contribution is -2.17. The van der Waals surface area contributed by atoms with Gasteiger partial charge in [0.1, 0.15) is 0 Å². The van der Waals surface area contributed by atoms with Crippen molar-refractivity contribution in [3.8, 4) is 0 Å². The predicted octanol–water partition coefficient (Wildman–Crippen LogP) is 3.08. The summed E-state index contributed by atoms with van der Waals surface area (Å²) in [7, 11) is 0. The molecule has 0 spiro atoms. The fourth-order valence-electron chi connectivity index (χ4n) is 1.78. The standard InChI is InChI=1S/C14H14BrN3O2/c15-14-9-13(18(19)20)5-4-11(14)10-16-8-6-12-3-1-2-7-17-12/h1-5,7,9,16H,6,8,10H2. The van der Waals surface area contributed by atoms with Gasteiger partial charge in [0.2, 0.25) is 0 Å². The molecule has 0 aliphatic carbocycles. The van der Waals surface area contributed by atoms with E-state index in [9.17, 15) is 10.1 Å². The number of pyridine rings is 1. The van der Waals surface area contributed by atoms with Crippen LogP contribution < -0.4 is 5.32 Å². The van der Waals surface area contributed by atoms with Gasteiger partial charge in [-0.15, -0.1) is 0 Å². The minimum atomic E-state index is -0.400. The van der Waals surface area contributed by atoms with E-state index >= 15 is 0 Å². The lowest BCUT2D eigenvalue weighted by atomic mass is 10.2. The molecule has 0 aliphatic heterocycles. The summed E-state index contributed by atoms with van der Waals surface area (Å²) in [6.07, 6.45) is 2.63. The van der Waals surface area contributed by atoms with E-state index in [1.165, 1.54) is 12.1 Å². The van der Waals surface area contributed by atoms with Crippen LogP contribution in [0.4, 0.5) is 5.69 Å². The Hall–Kier alpha value is -1.79. The molecule has 1 aromatic heterocycles. The number of hydrogen-bond donors (Lipinski definition) is 1. The van der Waals surface area contributed by atoms with Crippen LogP contribution in [-0.2, 0) is 13.0 Å². The Morgan fingerprint density at radius 2 is 2.15 bits per heavy atom. The number of aromatic nitrogens is 1. The molecule has 6 heteroatoms. The second-order valence-electron chi connectivity index (χ2n) is 4.28. The largest absolute Gasteiger partial charge is 0.312 e. The third-order valence-corrected chi connectivity index (χ3v) is 3.59. The number of nitrogens with one attached hydrogen (secondary N) is 1. The SMILES string of the molecule is O=[N+]([O-])c1ccc(CNCCc2ccccn2)c(Br)c1. The molecule has 0 bridgehead atoms. The quantitative estimate of drug-likeness (QED) is 0.500. The van der Waals surface area contributed by atoms with E-state index in [0.29, 0.717) is 6.54 Å². The average molecular weight is 336 g/mol. The summed E-state index contributed by atoms with van der Waals surface area (Å²) >= 11 is 3.36. The highest BCUT2D eigenvalue weighted by Crippen LogP contribution is 2.22. The summed E-state index contributed by atoms with van der Waals surface area (Å²) in [4.78, 5) is 14.5. The van der Waals surface area contributed by atoms with Crippen LogP contribution in [-0.4, -0.2) is 16.5 Å². The van der Waals surface area contributed by atoms with Crippen LogP contribution in [0.2, 0.25) is 0 Å². The molecule has 1 N–H and O–H groups in total. The number of halogens is 1. The number of benzene rings is 1. The molecular formula is C14H14BrN3O2. The van der Waals surface area contributed by atoms with E-state index in [4.69, 9.17) is 0 Å². The van der Waals surface area contributed by atoms with Crippen molar-refractivity contribution in [2.75, 3.05) is 6.54 Å². The summed E-state index contributed by atoms with van der Waals surface area (Å²) in [6.45, 7) is 1.46. The molecule has 0 radical (unpaired) electrons. The molecule has 0 atom stereocenters. The highest BCUT2D eigenvalue weighted by atomic mass is 79.9. The Kier molecular flexibility index (Phi) is 5.20. The summed E-state index contributed by atoms with van der Waals surface area (Å²) in [5.41, 5.74) is 2.13. The van der Waals surface area contributed by atoms with Gasteiger partial charge in [-0.2, -0.15) is 0 Å². The van der Waals surface area contributed by atoms with Crippen LogP contribution in [0.5, 0.6) is 0 Å². The molecule has 0 unspecified atom stereocenters. The van der Waals surface area contributed by atoms with Gasteiger partial charge in [0.25, 0.3) is 5.69 Å². The minimum Gasteiger partial charge on any atom is -0.312 e. The zero-order valence-corrected chi connectivity index (χ0v) is 12.3. The molecule has 0 fully saturated rings. The molecule has 1 heterocycles. The van der Waals surface area contributed by atoms with E-state index in [1.807, 2.05) is 18.2 Å². The van der Waals surface area contributed by atoms with Gasteiger partial charge < -0.3 is 5.32 Å². The Morgan fingerprint density at radius 1 is 1.30 bits per heavy atom. The fraction of sp³-hybridized carbons (Fsp3) is 0.214. The van der Waals surface area contributed by atoms with Gasteiger partial charge in [-0.1, -0.05) is 22.0 Å². The first kappa shape index (κ1) is 14.6. The Morgan fingerprint density at radius 3 is 2.80 bits per heavy atom. The molecule has 0 aliphatic rings. The van der Waals surface area contributed by atoms with E-state index in [-0.39, 0.29) is 5.69 Å². The highest BCUT2D eigenvalue weighted by molar-refractivity contribution is 9.10. The highest BCUT2D eigenvalue weighted by Gasteiger charge is 2.08. The normalized spacial score (nSPS) is 10.4. The number of nitro groups is 1. The van der Waals surface area contributed by atoms with E-state index in [1.54, 1.807) is 12.3 Å². The van der Waals surface area contributed by atoms with Crippen LogP contribution in [0, 0.1) is 10.1 Å². The Balaban J connectivity index is 1.84. The Labute approximate surface area is 125 Å². The summed E-state index contributed by atoms with van der Waals surface area (Å²) in [6, 6.07) is 10.6. The first-order valence-corrected chi connectivity index (χ1v) is 6.99. The number of nitrogens with zero attached hydrogens (tertiary/aromatic N) is 2. The van der Waals surface area contributed by atoms with Gasteiger partial charge in [0, 0.05) is 48.0 Å². The van der Waals surface area contributed by atoms with Crippen molar-refractivity contribution in [3.05, 3.63) is 68.4 Å². The average Bonchev–Trinajstić information content (AvgIpc) is 2.46. The summed E-state index contributed by atoms with van der Waals surface area (Å²) in [5.74, 6) is 0. The lowest BCUT2D eigenvalue weighted by molar-refractivity contribution is -0.384. The van der Waals surface area contributed by atoms with Crippen LogP contribution in [0.25, 0.3) is 0 Å². The summed E-state index contributed by atoms with van der Waals surface area (Å²) in [5, 5.41) is 13.9. The maximum Gasteiger partial charge on any atom is 0.270 e. The van der Waals surface area contributed by atoms with Crippen molar-refractivity contribution < 1.29 is 4.92 Å². The molecule has 2 aromatic rings. The number of non-ortho nitro benzene ring substituents is 1. The lowest BCUT2D eigenvalue weighted by Gasteiger charge is -2.06. The Bertz CT molecular complexity index is 590. The number of hydrogen-bond acceptors (Lipinski definition) is 4. The molecular weight excluding hydrogens is 322 g/mol. The van der Waals surface area contributed by atoms with Crippen molar-refractivity contribution >= 4 is 21.6 Å². The first-order valence-electron chi connectivity index (χ1n) is 6.20. The smallest absolute Gasteiger partial charge is 0.270 e. The third-order valence-electron chi connectivity index (χ3n) is 2.85. The monoisotopic (exact) mass is 335 g/mol. The predicted molar refractivity (Wildman–Crippen MR) is 80.4 cm³/mol. The molecule has 2 rings (SSSR count). The van der Waals surface area contributed by atoms with Gasteiger partial charge in [-0.25, -0.2) is 0 Å². The van der Waals surface area contributed by atoms with Crippen LogP contribution in [0.3, 0.4) is 0 Å². The number of rotatable bonds is 6. The van der Waals surface area contributed by atoms with Crippen molar-refractivity contribution in [2.45, 2.75) is 13.0 Å². The minimum absolute atomic E-state index is 0.0918. The summed E-state index contributed by atoms with van der Waals surface area (Å²) < 4.78 is 0.747. The molecule has 0 amide bonds. The van der Waals surface area contributed by atoms with Crippen LogP contribution in [0.1, 0.15) is 11.3 Å². The molecule has 5 nitrogen and oxygen atoms in total.